The van der Waals surface area contributed by atoms with E-state index in [1.807, 2.05) is 27.7 Å². The molecule has 6 atom stereocenters. The van der Waals surface area contributed by atoms with Crippen LogP contribution < -0.4 is 16.0 Å². The van der Waals surface area contributed by atoms with Gasteiger partial charge in [0, 0.05) is 37.8 Å². The first-order valence-electron chi connectivity index (χ1n) is 11.0. The summed E-state index contributed by atoms with van der Waals surface area (Å²) in [5.41, 5.74) is -0.773. The number of carbonyl (C=O) groups excluding carboxylic acids is 3. The third kappa shape index (κ3) is 6.15. The van der Waals surface area contributed by atoms with Gasteiger partial charge in [-0.3, -0.25) is 14.4 Å². The van der Waals surface area contributed by atoms with E-state index < -0.39 is 5.41 Å². The van der Waals surface area contributed by atoms with Crippen LogP contribution >= 0.6 is 0 Å². The molecular formula is C21H35N3O6. The highest BCUT2D eigenvalue weighted by atomic mass is 16.6. The molecule has 0 aromatic carbocycles. The Balaban J connectivity index is 1.58. The summed E-state index contributed by atoms with van der Waals surface area (Å²) in [7, 11) is 0. The Kier molecular flexibility index (Phi) is 7.36. The first kappa shape index (κ1) is 23.0. The van der Waals surface area contributed by atoms with Crippen LogP contribution in [0.4, 0.5) is 0 Å². The minimum atomic E-state index is -0.773. The summed E-state index contributed by atoms with van der Waals surface area (Å²) in [6, 6.07) is 0.467. The van der Waals surface area contributed by atoms with Gasteiger partial charge in [-0.1, -0.05) is 27.7 Å². The van der Waals surface area contributed by atoms with E-state index in [1.54, 1.807) is 0 Å². The molecule has 9 nitrogen and oxygen atoms in total. The fourth-order valence-corrected chi connectivity index (χ4v) is 3.26. The molecule has 0 saturated carbocycles. The minimum absolute atomic E-state index is 0.0338. The van der Waals surface area contributed by atoms with Crippen molar-refractivity contribution in [3.8, 4) is 0 Å². The molecule has 0 aromatic rings. The molecule has 30 heavy (non-hydrogen) atoms. The SMILES string of the molecule is CCC(COC(=O)C(C)C1CN1)(COC(=O)C(C)C1CN1)COC(=O)C(C)C1CN1. The zero-order chi connectivity index (χ0) is 21.9. The maximum atomic E-state index is 12.4. The molecule has 170 valence electrons. The van der Waals surface area contributed by atoms with Crippen LogP contribution in [0.2, 0.25) is 0 Å². The minimum Gasteiger partial charge on any atom is -0.465 e. The van der Waals surface area contributed by atoms with Gasteiger partial charge in [0.25, 0.3) is 0 Å². The molecule has 3 aliphatic heterocycles. The van der Waals surface area contributed by atoms with E-state index >= 15 is 0 Å². The summed E-state index contributed by atoms with van der Waals surface area (Å²) in [4.78, 5) is 37.1. The van der Waals surface area contributed by atoms with Gasteiger partial charge in [-0.25, -0.2) is 0 Å². The zero-order valence-corrected chi connectivity index (χ0v) is 18.4. The molecule has 3 aliphatic rings. The lowest BCUT2D eigenvalue weighted by Gasteiger charge is -2.32. The van der Waals surface area contributed by atoms with Gasteiger partial charge in [0.2, 0.25) is 0 Å². The van der Waals surface area contributed by atoms with Gasteiger partial charge in [0.1, 0.15) is 19.8 Å². The summed E-state index contributed by atoms with van der Waals surface area (Å²) >= 11 is 0. The lowest BCUT2D eigenvalue weighted by molar-refractivity contribution is -0.166. The van der Waals surface area contributed by atoms with Gasteiger partial charge in [-0.15, -0.1) is 0 Å². The van der Waals surface area contributed by atoms with Gasteiger partial charge in [0.05, 0.1) is 23.2 Å². The van der Waals surface area contributed by atoms with Crippen molar-refractivity contribution in [1.82, 2.24) is 16.0 Å². The van der Waals surface area contributed by atoms with Crippen LogP contribution in [0.1, 0.15) is 34.1 Å². The van der Waals surface area contributed by atoms with E-state index in [0.717, 1.165) is 19.6 Å². The molecule has 3 N–H and O–H groups in total. The third-order valence-corrected chi connectivity index (χ3v) is 6.56. The summed E-state index contributed by atoms with van der Waals surface area (Å²) in [5.74, 6) is -1.63. The summed E-state index contributed by atoms with van der Waals surface area (Å²) < 4.78 is 16.7. The normalized spacial score (nSPS) is 29.0. The summed E-state index contributed by atoms with van der Waals surface area (Å²) in [6.07, 6.45) is 0.531. The van der Waals surface area contributed by atoms with Crippen molar-refractivity contribution in [2.75, 3.05) is 39.5 Å². The predicted molar refractivity (Wildman–Crippen MR) is 108 cm³/mol. The van der Waals surface area contributed by atoms with Crippen LogP contribution in [0.25, 0.3) is 0 Å². The van der Waals surface area contributed by atoms with Crippen molar-refractivity contribution in [3.63, 3.8) is 0 Å². The average molecular weight is 426 g/mol. The fraction of sp³-hybridized carbons (Fsp3) is 0.857. The topological polar surface area (TPSA) is 145 Å². The predicted octanol–water partition coefficient (Wildman–Crippen LogP) is -0.164. The van der Waals surface area contributed by atoms with E-state index in [0.29, 0.717) is 6.42 Å². The fourth-order valence-electron chi connectivity index (χ4n) is 3.26. The number of carbonyl (C=O) groups is 3. The van der Waals surface area contributed by atoms with Gasteiger partial charge in [-0.2, -0.15) is 0 Å². The molecule has 3 heterocycles. The first-order chi connectivity index (χ1) is 14.3. The number of nitrogens with one attached hydrogen (secondary N) is 3. The highest BCUT2D eigenvalue weighted by molar-refractivity contribution is 5.74. The number of hydrogen-bond donors (Lipinski definition) is 3. The summed E-state index contributed by atoms with van der Waals surface area (Å²) in [6.45, 7) is 9.93. The van der Waals surface area contributed by atoms with Crippen LogP contribution in [0.5, 0.6) is 0 Å². The molecule has 0 spiro atoms. The highest BCUT2D eigenvalue weighted by Gasteiger charge is 2.40. The third-order valence-electron chi connectivity index (χ3n) is 6.56. The molecule has 9 heteroatoms. The van der Waals surface area contributed by atoms with E-state index in [9.17, 15) is 14.4 Å². The van der Waals surface area contributed by atoms with Gasteiger partial charge >= 0.3 is 17.9 Å². The Hall–Kier alpha value is -1.71. The lowest BCUT2D eigenvalue weighted by atomic mass is 9.87. The van der Waals surface area contributed by atoms with Crippen LogP contribution in [-0.2, 0) is 28.6 Å². The van der Waals surface area contributed by atoms with Crippen LogP contribution in [0, 0.1) is 23.2 Å². The molecule has 0 bridgehead atoms. The van der Waals surface area contributed by atoms with Crippen molar-refractivity contribution in [2.45, 2.75) is 52.2 Å². The van der Waals surface area contributed by atoms with Gasteiger partial charge in [0.15, 0.2) is 0 Å². The number of esters is 3. The highest BCUT2D eigenvalue weighted by Crippen LogP contribution is 2.27. The first-order valence-corrected chi connectivity index (χ1v) is 11.0. The molecule has 3 saturated heterocycles. The van der Waals surface area contributed by atoms with Crippen molar-refractivity contribution >= 4 is 17.9 Å². The molecule has 3 rings (SSSR count). The van der Waals surface area contributed by atoms with Gasteiger partial charge < -0.3 is 30.2 Å². The Morgan fingerprint density at radius 3 is 1.20 bits per heavy atom. The number of rotatable bonds is 13. The maximum absolute atomic E-state index is 12.4. The second kappa shape index (κ2) is 9.62. The van der Waals surface area contributed by atoms with E-state index in [1.165, 1.54) is 0 Å². The van der Waals surface area contributed by atoms with Crippen LogP contribution in [0.15, 0.2) is 0 Å². The van der Waals surface area contributed by atoms with Gasteiger partial charge in [-0.05, 0) is 6.42 Å². The zero-order valence-electron chi connectivity index (χ0n) is 18.4. The number of ether oxygens (including phenoxy) is 3. The Labute approximate surface area is 177 Å². The van der Waals surface area contributed by atoms with E-state index in [-0.39, 0.29) is 73.6 Å². The summed E-state index contributed by atoms with van der Waals surface area (Å²) in [5, 5.41) is 9.34. The monoisotopic (exact) mass is 425 g/mol. The molecule has 0 radical (unpaired) electrons. The van der Waals surface area contributed by atoms with Crippen molar-refractivity contribution in [2.24, 2.45) is 23.2 Å². The largest absolute Gasteiger partial charge is 0.465 e. The number of hydrogen-bond acceptors (Lipinski definition) is 9. The van der Waals surface area contributed by atoms with Crippen LogP contribution in [-0.4, -0.2) is 75.5 Å². The second-order valence-corrected chi connectivity index (χ2v) is 9.09. The van der Waals surface area contributed by atoms with E-state index in [2.05, 4.69) is 16.0 Å². The Morgan fingerprint density at radius 1 is 0.733 bits per heavy atom. The maximum Gasteiger partial charge on any atom is 0.310 e. The smallest absolute Gasteiger partial charge is 0.310 e. The standard InChI is InChI=1S/C21H35N3O6/c1-5-21(9-28-18(25)12(2)15-6-22-15,10-29-19(26)13(3)16-7-23-16)11-30-20(27)14(4)17-8-24-17/h12-17,22-24H,5-11H2,1-4H3. The second-order valence-electron chi connectivity index (χ2n) is 9.09. The van der Waals surface area contributed by atoms with Crippen LogP contribution in [0.3, 0.4) is 0 Å². The molecule has 3 fully saturated rings. The molecular weight excluding hydrogens is 390 g/mol. The molecule has 0 aromatic heterocycles. The Morgan fingerprint density at radius 2 is 1.00 bits per heavy atom. The lowest BCUT2D eigenvalue weighted by Crippen LogP contribution is -2.41. The van der Waals surface area contributed by atoms with Crippen molar-refractivity contribution < 1.29 is 28.6 Å². The van der Waals surface area contributed by atoms with E-state index in [4.69, 9.17) is 14.2 Å². The quantitative estimate of drug-likeness (QED) is 0.208. The van der Waals surface area contributed by atoms with Crippen molar-refractivity contribution in [3.05, 3.63) is 0 Å². The van der Waals surface area contributed by atoms with Crippen molar-refractivity contribution in [1.29, 1.82) is 0 Å². The average Bonchev–Trinajstić information content (AvgIpc) is 3.62. The molecule has 0 amide bonds. The molecule has 6 unspecified atom stereocenters. The Bertz CT molecular complexity index is 561. The molecule has 0 aliphatic carbocycles.